The van der Waals surface area contributed by atoms with Gasteiger partial charge in [-0.05, 0) is 56.3 Å². The van der Waals surface area contributed by atoms with E-state index in [1.54, 1.807) is 65.5 Å². The number of rotatable bonds is 5. The number of para-hydroxylation sites is 1. The van der Waals surface area contributed by atoms with Gasteiger partial charge in [-0.25, -0.2) is 13.5 Å². The summed E-state index contributed by atoms with van der Waals surface area (Å²) in [6.07, 6.45) is 1.82. The summed E-state index contributed by atoms with van der Waals surface area (Å²) in [7, 11) is 0. The number of aromatic nitrogens is 3. The normalized spacial score (nSPS) is 15.4. The van der Waals surface area contributed by atoms with E-state index in [1.807, 2.05) is 19.9 Å². The molecule has 0 unspecified atom stereocenters. The number of hydrogen-bond donors (Lipinski definition) is 1. The van der Waals surface area contributed by atoms with Crippen molar-refractivity contribution in [3.05, 3.63) is 112 Å². The highest BCUT2D eigenvalue weighted by atomic mass is 35.5. The second kappa shape index (κ2) is 11.0. The van der Waals surface area contributed by atoms with Crippen LogP contribution < -0.4 is 10.2 Å². The fourth-order valence-corrected chi connectivity index (χ4v) is 5.00. The second-order valence-corrected chi connectivity index (χ2v) is 9.94. The van der Waals surface area contributed by atoms with Crippen LogP contribution in [0.5, 0.6) is 0 Å². The number of carbonyl (C=O) groups is 2. The Kier molecular flexibility index (Phi) is 7.49. The Morgan fingerprint density at radius 2 is 1.85 bits per heavy atom. The van der Waals surface area contributed by atoms with Crippen molar-refractivity contribution in [2.75, 3.05) is 11.4 Å². The Hall–Kier alpha value is -4.37. The predicted molar refractivity (Wildman–Crippen MR) is 150 cm³/mol. The molecule has 0 saturated heterocycles. The molecule has 7 nitrogen and oxygen atoms in total. The lowest BCUT2D eigenvalue weighted by Gasteiger charge is -2.23. The van der Waals surface area contributed by atoms with Gasteiger partial charge in [0.05, 0.1) is 39.9 Å². The molecule has 2 amide bonds. The molecular formula is C30H26ClF2N5O2. The highest BCUT2D eigenvalue weighted by Gasteiger charge is 2.41. The van der Waals surface area contributed by atoms with E-state index in [9.17, 15) is 9.59 Å². The number of halogens is 3. The summed E-state index contributed by atoms with van der Waals surface area (Å²) in [4.78, 5) is 31.8. The van der Waals surface area contributed by atoms with Crippen LogP contribution in [0.3, 0.4) is 0 Å². The number of carbonyl (C=O) groups excluding carboxylic acids is 2. The Bertz CT molecular complexity index is 1620. The second-order valence-electron chi connectivity index (χ2n) is 9.53. The molecule has 0 bridgehead atoms. The quantitative estimate of drug-likeness (QED) is 0.307. The zero-order valence-electron chi connectivity index (χ0n) is 21.9. The molecule has 0 saturated carbocycles. The minimum Gasteiger partial charge on any atom is -0.347 e. The van der Waals surface area contributed by atoms with E-state index in [0.29, 0.717) is 11.4 Å². The molecule has 204 valence electrons. The molecule has 2 aromatic heterocycles. The summed E-state index contributed by atoms with van der Waals surface area (Å²) in [6, 6.07) is 18.4. The average Bonchev–Trinajstić information content (AvgIpc) is 3.23. The van der Waals surface area contributed by atoms with Crippen molar-refractivity contribution in [3.63, 3.8) is 0 Å². The van der Waals surface area contributed by atoms with Crippen molar-refractivity contribution < 1.29 is 18.4 Å². The molecule has 0 fully saturated rings. The highest BCUT2D eigenvalue weighted by Crippen LogP contribution is 2.43. The van der Waals surface area contributed by atoms with Gasteiger partial charge in [0.25, 0.3) is 11.8 Å². The predicted octanol–water partition coefficient (Wildman–Crippen LogP) is 5.92. The lowest BCUT2D eigenvalue weighted by Crippen LogP contribution is -2.33. The van der Waals surface area contributed by atoms with Crippen LogP contribution in [0.4, 0.5) is 14.5 Å². The molecule has 0 radical (unpaired) electrons. The number of hydrogen-bond acceptors (Lipinski definition) is 4. The number of nitrogens with one attached hydrogen (secondary N) is 1. The highest BCUT2D eigenvalue weighted by molar-refractivity contribution is 6.34. The molecule has 40 heavy (non-hydrogen) atoms. The SMILES string of the molecule is Cc1cc(C)n(-c2ccc(C(=O)N3CCC(F)(F)/C(=C\C(=O)NCc4ccccn4)c4ccccc43)c(Cl)c2)n1. The maximum absolute atomic E-state index is 15.5. The molecule has 0 aliphatic carbocycles. The first-order chi connectivity index (χ1) is 19.1. The van der Waals surface area contributed by atoms with Gasteiger partial charge in [0, 0.05) is 42.1 Å². The van der Waals surface area contributed by atoms with Gasteiger partial charge in [0.15, 0.2) is 0 Å². The molecule has 5 rings (SSSR count). The molecule has 3 heterocycles. The van der Waals surface area contributed by atoms with Crippen molar-refractivity contribution in [3.8, 4) is 5.69 Å². The topological polar surface area (TPSA) is 80.1 Å². The largest absolute Gasteiger partial charge is 0.347 e. The van der Waals surface area contributed by atoms with Crippen molar-refractivity contribution in [1.82, 2.24) is 20.1 Å². The maximum Gasteiger partial charge on any atom is 0.275 e. The van der Waals surface area contributed by atoms with Crippen LogP contribution in [-0.2, 0) is 11.3 Å². The third-order valence-corrected chi connectivity index (χ3v) is 6.97. The number of allylic oxidation sites excluding steroid dienone is 1. The van der Waals surface area contributed by atoms with Crippen molar-refractivity contribution >= 4 is 34.7 Å². The third kappa shape index (κ3) is 5.51. The summed E-state index contributed by atoms with van der Waals surface area (Å²) in [6.45, 7) is 3.60. The van der Waals surface area contributed by atoms with Crippen LogP contribution in [-0.4, -0.2) is 39.0 Å². The molecule has 1 aliphatic heterocycles. The zero-order valence-corrected chi connectivity index (χ0v) is 22.6. The smallest absolute Gasteiger partial charge is 0.275 e. The van der Waals surface area contributed by atoms with E-state index in [0.717, 1.165) is 17.5 Å². The summed E-state index contributed by atoms with van der Waals surface area (Å²) in [5.41, 5.74) is 3.10. The number of amides is 2. The van der Waals surface area contributed by atoms with Crippen LogP contribution >= 0.6 is 11.6 Å². The Balaban J connectivity index is 1.46. The van der Waals surface area contributed by atoms with Gasteiger partial charge in [0.1, 0.15) is 0 Å². The van der Waals surface area contributed by atoms with E-state index in [-0.39, 0.29) is 34.9 Å². The van der Waals surface area contributed by atoms with E-state index < -0.39 is 29.7 Å². The van der Waals surface area contributed by atoms with E-state index in [1.165, 1.54) is 11.0 Å². The number of fused-ring (bicyclic) bond motifs is 1. The Morgan fingerprint density at radius 3 is 2.55 bits per heavy atom. The van der Waals surface area contributed by atoms with Crippen molar-refractivity contribution in [1.29, 1.82) is 0 Å². The molecule has 0 spiro atoms. The first kappa shape index (κ1) is 27.2. The molecule has 0 atom stereocenters. The standard InChI is InChI=1S/C30H26ClF2N5O2/c1-19-15-20(2)38(36-19)22-10-11-24(26(31)16-22)29(40)37-14-12-30(32,33)25(23-8-3-4-9-27(23)37)17-28(39)35-18-21-7-5-6-13-34-21/h3-11,13,15-17H,12,14,18H2,1-2H3,(H,35,39)/b25-17-. The fourth-order valence-electron chi connectivity index (χ4n) is 4.74. The first-order valence-corrected chi connectivity index (χ1v) is 13.0. The zero-order chi connectivity index (χ0) is 28.4. The van der Waals surface area contributed by atoms with Gasteiger partial charge < -0.3 is 10.2 Å². The van der Waals surface area contributed by atoms with Crippen molar-refractivity contribution in [2.45, 2.75) is 32.7 Å². The number of benzene rings is 2. The number of aryl methyl sites for hydroxylation is 2. The minimum atomic E-state index is -3.36. The van der Waals surface area contributed by atoms with Crippen LogP contribution in [0.15, 0.2) is 79.0 Å². The van der Waals surface area contributed by atoms with Gasteiger partial charge in [-0.1, -0.05) is 35.9 Å². The maximum atomic E-state index is 15.5. The monoisotopic (exact) mass is 561 g/mol. The number of pyridine rings is 1. The van der Waals surface area contributed by atoms with Gasteiger partial charge in [-0.15, -0.1) is 0 Å². The van der Waals surface area contributed by atoms with Crippen LogP contribution in [0.2, 0.25) is 5.02 Å². The number of anilines is 1. The summed E-state index contributed by atoms with van der Waals surface area (Å²) in [5, 5.41) is 7.23. The molecular weight excluding hydrogens is 536 g/mol. The lowest BCUT2D eigenvalue weighted by molar-refractivity contribution is -0.116. The summed E-state index contributed by atoms with van der Waals surface area (Å²) >= 11 is 6.55. The van der Waals surface area contributed by atoms with Gasteiger partial charge in [-0.3, -0.25) is 14.6 Å². The van der Waals surface area contributed by atoms with Crippen LogP contribution in [0.1, 0.15) is 39.4 Å². The van der Waals surface area contributed by atoms with Gasteiger partial charge >= 0.3 is 0 Å². The average molecular weight is 562 g/mol. The Morgan fingerprint density at radius 1 is 1.07 bits per heavy atom. The molecule has 2 aromatic carbocycles. The third-order valence-electron chi connectivity index (χ3n) is 6.66. The van der Waals surface area contributed by atoms with Crippen molar-refractivity contribution in [2.24, 2.45) is 0 Å². The van der Waals surface area contributed by atoms with Gasteiger partial charge in [-0.2, -0.15) is 5.10 Å². The van der Waals surface area contributed by atoms with Gasteiger partial charge in [0.2, 0.25) is 5.91 Å². The fraction of sp³-hybridized carbons (Fsp3) is 0.200. The summed E-state index contributed by atoms with van der Waals surface area (Å²) < 4.78 is 32.7. The van der Waals surface area contributed by atoms with Crippen LogP contribution in [0, 0.1) is 13.8 Å². The molecule has 10 heteroatoms. The Labute approximate surface area is 235 Å². The lowest BCUT2D eigenvalue weighted by atomic mass is 9.97. The molecule has 1 aliphatic rings. The van der Waals surface area contributed by atoms with E-state index >= 15 is 8.78 Å². The van der Waals surface area contributed by atoms with E-state index in [4.69, 9.17) is 11.6 Å². The van der Waals surface area contributed by atoms with Crippen LogP contribution in [0.25, 0.3) is 11.3 Å². The number of alkyl halides is 2. The van der Waals surface area contributed by atoms with E-state index in [2.05, 4.69) is 15.4 Å². The summed E-state index contributed by atoms with van der Waals surface area (Å²) in [5.74, 6) is -4.57. The molecule has 1 N–H and O–H groups in total. The number of nitrogens with zero attached hydrogens (tertiary/aromatic N) is 4. The first-order valence-electron chi connectivity index (χ1n) is 12.7. The minimum absolute atomic E-state index is 0.0907. The molecule has 4 aromatic rings.